The molecule has 6 unspecified atom stereocenters. The number of nitrogens with one attached hydrogen (secondary N) is 1. The zero-order chi connectivity index (χ0) is 42.6. The molecule has 5 nitrogen and oxygen atoms in total. The van der Waals surface area contributed by atoms with E-state index in [4.69, 9.17) is 5.41 Å². The molecule has 0 aliphatic heterocycles. The minimum Gasteiger partial charge on any atom is -0.870 e. The van der Waals surface area contributed by atoms with Gasteiger partial charge in [0.25, 0.3) is 0 Å². The number of pyridine rings is 2. The number of rotatable bonds is 4. The van der Waals surface area contributed by atoms with Crippen LogP contribution in [0.1, 0.15) is 153 Å². The van der Waals surface area contributed by atoms with Gasteiger partial charge >= 0.3 is 51.4 Å². The third-order valence-corrected chi connectivity index (χ3v) is 17.4. The van der Waals surface area contributed by atoms with Crippen molar-refractivity contribution < 1.29 is 62.0 Å². The number of halogens is 1. The van der Waals surface area contributed by atoms with Crippen LogP contribution in [0.5, 0.6) is 5.75 Å². The summed E-state index contributed by atoms with van der Waals surface area (Å²) >= 11 is 2.61. The van der Waals surface area contributed by atoms with Gasteiger partial charge in [-0.05, 0) is 210 Å². The second kappa shape index (κ2) is 26.2. The smallest absolute Gasteiger partial charge is 0.870 e. The molecule has 0 radical (unpaired) electrons. The van der Waals surface area contributed by atoms with E-state index in [1.807, 2.05) is 43.0 Å². The molecule has 0 saturated heterocycles. The van der Waals surface area contributed by atoms with Gasteiger partial charge in [-0.15, -0.1) is 0 Å². The van der Waals surface area contributed by atoms with E-state index < -0.39 is 0 Å². The van der Waals surface area contributed by atoms with Crippen molar-refractivity contribution in [2.24, 2.45) is 34.5 Å². The monoisotopic (exact) mass is 1020 g/mol. The van der Waals surface area contributed by atoms with E-state index in [1.54, 1.807) is 28.6 Å². The van der Waals surface area contributed by atoms with Crippen LogP contribution in [0.3, 0.4) is 0 Å². The molecule has 8 heteroatoms. The van der Waals surface area contributed by atoms with Gasteiger partial charge in [-0.3, -0.25) is 9.97 Å². The van der Waals surface area contributed by atoms with Gasteiger partial charge in [-0.1, -0.05) is 115 Å². The maximum atomic E-state index is 9.82. The minimum atomic E-state index is 0. The normalized spacial score (nSPS) is 26.7. The molecule has 8 atom stereocenters. The third kappa shape index (κ3) is 12.8. The fraction of sp³-hybridized carbons (Fsp3) is 0.509. The van der Waals surface area contributed by atoms with Crippen molar-refractivity contribution in [3.63, 3.8) is 0 Å². The van der Waals surface area contributed by atoms with Gasteiger partial charge in [0.05, 0.1) is 0 Å². The van der Waals surface area contributed by atoms with Crippen molar-refractivity contribution in [3.05, 3.63) is 142 Å². The van der Waals surface area contributed by atoms with Gasteiger partial charge in [0.15, 0.2) is 6.71 Å². The van der Waals surface area contributed by atoms with Crippen molar-refractivity contribution in [2.75, 3.05) is 0 Å². The van der Waals surface area contributed by atoms with E-state index in [0.717, 1.165) is 36.0 Å². The predicted molar refractivity (Wildman–Crippen MR) is 285 cm³/mol. The average Bonchev–Trinajstić information content (AvgIpc) is 3.77. The Morgan fingerprint density at radius 2 is 1.29 bits per heavy atom. The molecule has 6 aliphatic carbocycles. The molecule has 2 aromatic carbocycles. The number of aryl methyl sites for hydroxylation is 3. The molecule has 0 spiro atoms. The first-order valence-electron chi connectivity index (χ1n) is 23.2. The number of fused-ring (bicyclic) bond motifs is 10. The van der Waals surface area contributed by atoms with Gasteiger partial charge in [0.2, 0.25) is 0 Å². The van der Waals surface area contributed by atoms with Crippen LogP contribution in [0.25, 0.3) is 5.57 Å². The van der Waals surface area contributed by atoms with Crippen molar-refractivity contribution in [1.29, 1.82) is 5.41 Å². The number of aromatic nitrogens is 2. The summed E-state index contributed by atoms with van der Waals surface area (Å²) in [7, 11) is 0. The van der Waals surface area contributed by atoms with Crippen molar-refractivity contribution in [2.45, 2.75) is 152 Å². The molecular weight excluding hydrogens is 935 g/mol. The molecule has 0 bridgehead atoms. The summed E-state index contributed by atoms with van der Waals surface area (Å²) < 4.78 is 1.65. The largest absolute Gasteiger partial charge is 1.00 e. The number of nitrogens with zero attached hydrogens (tertiary/aromatic N) is 2. The summed E-state index contributed by atoms with van der Waals surface area (Å²) in [6.07, 6.45) is 28.1. The van der Waals surface area contributed by atoms with Gasteiger partial charge in [0.1, 0.15) is 5.75 Å². The number of phenolic OH excluding ortho intramolecular Hbond substituents is 1. The Kier molecular flexibility index (Phi) is 23.8. The van der Waals surface area contributed by atoms with Crippen LogP contribution in [0, 0.1) is 54.3 Å². The second-order valence-corrected chi connectivity index (χ2v) is 20.7. The van der Waals surface area contributed by atoms with Crippen LogP contribution in [0.4, 0.5) is 0 Å². The number of phenols is 1. The van der Waals surface area contributed by atoms with Crippen LogP contribution in [-0.4, -0.2) is 33.0 Å². The van der Waals surface area contributed by atoms with E-state index in [1.165, 1.54) is 104 Å². The molecular formula is C57H81BIKN3O2-. The topological polar surface area (TPSA) is 99.9 Å². The molecule has 10 rings (SSSR count). The quantitative estimate of drug-likeness (QED) is 0.0920. The molecule has 2 saturated carbocycles. The Morgan fingerprint density at radius 3 is 1.85 bits per heavy atom. The van der Waals surface area contributed by atoms with E-state index in [2.05, 4.69) is 122 Å². The van der Waals surface area contributed by atoms with Gasteiger partial charge < -0.3 is 23.4 Å². The number of hydrogen-bond donors (Lipinski definition) is 2. The summed E-state index contributed by atoms with van der Waals surface area (Å²) in [5, 5.41) is 16.3. The summed E-state index contributed by atoms with van der Waals surface area (Å²) in [6.45, 7) is 15.9. The fourth-order valence-electron chi connectivity index (χ4n) is 12.7. The van der Waals surface area contributed by atoms with Crippen LogP contribution in [0.15, 0.2) is 101 Å². The Balaban J connectivity index is 0.000000328. The molecule has 6 aliphatic rings. The van der Waals surface area contributed by atoms with E-state index in [-0.39, 0.29) is 79.1 Å². The number of allylic oxidation sites excluding steroid dienone is 4. The molecule has 2 fully saturated rings. The van der Waals surface area contributed by atoms with E-state index >= 15 is 0 Å². The molecule has 348 valence electrons. The van der Waals surface area contributed by atoms with Crippen molar-refractivity contribution in [1.82, 2.24) is 9.97 Å². The molecule has 4 aromatic rings. The first-order chi connectivity index (χ1) is 28.9. The Hall–Kier alpha value is -1.92. The number of hydrogen-bond acceptors (Lipinski definition) is 5. The first-order valence-corrected chi connectivity index (χ1v) is 24.3. The van der Waals surface area contributed by atoms with Crippen LogP contribution < -0.4 is 56.8 Å². The average molecular weight is 1020 g/mol. The summed E-state index contributed by atoms with van der Waals surface area (Å²) in [5.41, 5.74) is 13.3. The Bertz CT molecular complexity index is 2170. The van der Waals surface area contributed by atoms with Crippen molar-refractivity contribution >= 4 is 46.1 Å². The second-order valence-electron chi connectivity index (χ2n) is 19.5. The zero-order valence-corrected chi connectivity index (χ0v) is 45.2. The third-order valence-electron chi connectivity index (χ3n) is 15.8. The maximum Gasteiger partial charge on any atom is 1.00 e. The predicted octanol–water partition coefficient (Wildman–Crippen LogP) is 12.5. The number of aromatic hydroxyl groups is 1. The summed E-state index contributed by atoms with van der Waals surface area (Å²) in [6, 6.07) is 21.7. The number of benzene rings is 2. The van der Waals surface area contributed by atoms with Crippen LogP contribution in [0.2, 0.25) is 12.6 Å². The molecule has 2 aromatic heterocycles. The maximum absolute atomic E-state index is 9.82. The van der Waals surface area contributed by atoms with E-state index in [0.29, 0.717) is 34.9 Å². The molecule has 2 heterocycles. The first kappa shape index (κ1) is 59.2. The van der Waals surface area contributed by atoms with Gasteiger partial charge in [-0.2, -0.15) is 0 Å². The standard InChI is InChI=1S/C23H25NO.C19H23I.C9H14BN.C3H7N.2CH4.CH3.K.H2O/c1-23-11-10-19-18-7-5-17(25)13-15(18)4-6-20(19)22(23)9-8-21(23)16-3-2-12-24-14-16;1-12-3-5-14-13(11-12)4-6-16-15(14)9-10-19(2)17(16)7-8-18(19)20;1-3-10(4-2)9-6-5-7-11-8-9;1-3(2)4;;;;;/h2-3,5,7-8,12-14,19-20,22,25H,4,6,9-11H2,1H3;3,5,8,11,15-17H,4,6-7,9-10H2,1-2H3;5-8H,3-4H2,1-2H3;4H,1-2H3;2*1H4;1H3;;1H2/q;;;;;;-1;+1;/p-1/t19?,20?,22?,23-;15?,16?,17?,19-;;;;;;;/m10......./s1. The summed E-state index contributed by atoms with van der Waals surface area (Å²) in [4.78, 5) is 8.45. The van der Waals surface area contributed by atoms with Crippen LogP contribution >= 0.6 is 22.6 Å². The minimum absolute atomic E-state index is 0. The van der Waals surface area contributed by atoms with Gasteiger partial charge in [0, 0.05) is 35.9 Å². The molecule has 65 heavy (non-hydrogen) atoms. The van der Waals surface area contributed by atoms with Crippen LogP contribution in [-0.2, 0) is 12.8 Å². The Morgan fingerprint density at radius 1 is 0.769 bits per heavy atom. The molecule has 3 N–H and O–H groups in total. The van der Waals surface area contributed by atoms with Gasteiger partial charge in [-0.25, -0.2) is 0 Å². The van der Waals surface area contributed by atoms with E-state index in [9.17, 15) is 5.11 Å². The van der Waals surface area contributed by atoms with Crippen molar-refractivity contribution in [3.8, 4) is 5.75 Å². The zero-order valence-electron chi connectivity index (χ0n) is 39.9. The molecule has 0 amide bonds. The Labute approximate surface area is 452 Å². The fourth-order valence-corrected chi connectivity index (χ4v) is 13.6. The SMILES string of the molecule is C.C.CC(C)=N.CCB(CC)c1cccnc1.C[C@]12CCC3c4ccc(O)cc4CCC3C1CC=C2c1cccnc1.Cc1ccc2c(c1)CCC1C2CC[C@]2(C)C(I)=CCC12.[CH3-].[K+].[OH-]. The summed E-state index contributed by atoms with van der Waals surface area (Å²) in [5.74, 6) is 5.26.